The number of nitrogen functional groups attached to an aromatic ring is 1. The number of aromatic nitrogens is 4. The number of hydrogen-bond acceptors (Lipinski definition) is 5. The highest BCUT2D eigenvalue weighted by molar-refractivity contribution is 6.34. The van der Waals surface area contributed by atoms with Crippen LogP contribution in [0.5, 0.6) is 0 Å². The van der Waals surface area contributed by atoms with Crippen molar-refractivity contribution in [1.82, 2.24) is 20.0 Å². The Balaban J connectivity index is 2.33. The van der Waals surface area contributed by atoms with Crippen LogP contribution >= 0.6 is 11.6 Å². The van der Waals surface area contributed by atoms with Crippen LogP contribution in [0.25, 0.3) is 16.6 Å². The fraction of sp³-hybridized carbons (Fsp3) is 0. The minimum absolute atomic E-state index is 0.283. The zero-order valence-corrected chi connectivity index (χ0v) is 9.96. The summed E-state index contributed by atoms with van der Waals surface area (Å²) in [7, 11) is 0. The second-order valence-electron chi connectivity index (χ2n) is 3.64. The molecule has 3 aromatic rings. The average molecular weight is 261 g/mol. The van der Waals surface area contributed by atoms with Crippen LogP contribution in [0.4, 0.5) is 5.82 Å². The van der Waals surface area contributed by atoms with E-state index >= 15 is 0 Å². The largest absolute Gasteiger partial charge is 0.306 e. The van der Waals surface area contributed by atoms with Gasteiger partial charge in [-0.3, -0.25) is 0 Å². The Morgan fingerprint density at radius 3 is 2.67 bits per heavy atom. The first-order valence-corrected chi connectivity index (χ1v) is 5.61. The van der Waals surface area contributed by atoms with Gasteiger partial charge in [0.2, 0.25) is 0 Å². The van der Waals surface area contributed by atoms with Gasteiger partial charge >= 0.3 is 0 Å². The molecule has 0 saturated carbocycles. The smallest absolute Gasteiger partial charge is 0.178 e. The topological polar surface area (TPSA) is 81.7 Å². The number of benzene rings is 1. The van der Waals surface area contributed by atoms with E-state index in [2.05, 4.69) is 20.7 Å². The van der Waals surface area contributed by atoms with Crippen molar-refractivity contribution in [3.63, 3.8) is 0 Å². The number of halogens is 1. The van der Waals surface area contributed by atoms with E-state index in [9.17, 15) is 0 Å². The Bertz CT molecular complexity index is 693. The number of nitrogens with zero attached hydrogens (tertiary/aromatic N) is 4. The molecule has 0 atom stereocenters. The molecule has 0 radical (unpaired) electrons. The van der Waals surface area contributed by atoms with Crippen LogP contribution in [0.3, 0.4) is 0 Å². The summed E-state index contributed by atoms with van der Waals surface area (Å²) in [4.78, 5) is 0. The molecule has 2 heterocycles. The summed E-state index contributed by atoms with van der Waals surface area (Å²) in [5.41, 5.74) is 4.04. The van der Waals surface area contributed by atoms with Crippen molar-refractivity contribution in [1.29, 1.82) is 0 Å². The van der Waals surface area contributed by atoms with Crippen molar-refractivity contribution in [3.05, 3.63) is 41.7 Å². The number of hydrogen-bond donors (Lipinski definition) is 2. The Labute approximate surface area is 107 Å². The molecule has 0 saturated heterocycles. The molecule has 6 nitrogen and oxygen atoms in total. The van der Waals surface area contributed by atoms with Gasteiger partial charge in [-0.1, -0.05) is 29.8 Å². The molecule has 2 aromatic heterocycles. The van der Waals surface area contributed by atoms with Crippen LogP contribution in [-0.4, -0.2) is 20.0 Å². The highest BCUT2D eigenvalue weighted by Gasteiger charge is 2.14. The molecule has 1 aromatic carbocycles. The summed E-state index contributed by atoms with van der Waals surface area (Å²) in [5, 5.41) is 13.0. The highest BCUT2D eigenvalue weighted by Crippen LogP contribution is 2.27. The molecular weight excluding hydrogens is 252 g/mol. The van der Waals surface area contributed by atoms with Crippen LogP contribution in [0.2, 0.25) is 5.15 Å². The molecule has 7 heteroatoms. The van der Waals surface area contributed by atoms with E-state index in [1.54, 1.807) is 10.9 Å². The molecule has 90 valence electrons. The number of anilines is 1. The lowest BCUT2D eigenvalue weighted by Gasteiger charge is -2.05. The maximum atomic E-state index is 6.08. The lowest BCUT2D eigenvalue weighted by molar-refractivity contribution is 0.905. The number of hydrazine groups is 1. The Hall–Kier alpha value is -2.18. The Morgan fingerprint density at radius 1 is 1.17 bits per heavy atom. The van der Waals surface area contributed by atoms with Gasteiger partial charge in [-0.15, -0.1) is 10.2 Å². The molecule has 0 spiro atoms. The Kier molecular flexibility index (Phi) is 2.58. The summed E-state index contributed by atoms with van der Waals surface area (Å²) in [6.45, 7) is 0. The number of rotatable bonds is 2. The van der Waals surface area contributed by atoms with Crippen LogP contribution in [-0.2, 0) is 0 Å². The van der Waals surface area contributed by atoms with Gasteiger partial charge in [0.1, 0.15) is 5.52 Å². The summed E-state index contributed by atoms with van der Waals surface area (Å²) in [6.07, 6.45) is 1.65. The van der Waals surface area contributed by atoms with Crippen molar-refractivity contribution in [2.24, 2.45) is 5.84 Å². The van der Waals surface area contributed by atoms with E-state index in [1.165, 1.54) is 0 Å². The third-order valence-corrected chi connectivity index (χ3v) is 2.85. The monoisotopic (exact) mass is 260 g/mol. The number of nitrogens with two attached hydrogens (primary N) is 1. The van der Waals surface area contributed by atoms with E-state index in [-0.39, 0.29) is 5.15 Å². The van der Waals surface area contributed by atoms with Gasteiger partial charge in [0, 0.05) is 0 Å². The van der Waals surface area contributed by atoms with Crippen LogP contribution < -0.4 is 11.3 Å². The summed E-state index contributed by atoms with van der Waals surface area (Å²) in [6, 6.07) is 9.64. The fourth-order valence-electron chi connectivity index (χ4n) is 1.79. The molecular formula is C11H9ClN6. The van der Waals surface area contributed by atoms with Crippen molar-refractivity contribution < 1.29 is 0 Å². The van der Waals surface area contributed by atoms with Gasteiger partial charge in [-0.25, -0.2) is 10.5 Å². The molecule has 3 rings (SSSR count). The molecule has 0 fully saturated rings. The van der Waals surface area contributed by atoms with E-state index in [0.29, 0.717) is 11.3 Å². The van der Waals surface area contributed by atoms with Gasteiger partial charge in [0.25, 0.3) is 0 Å². The van der Waals surface area contributed by atoms with Gasteiger partial charge < -0.3 is 5.43 Å². The zero-order chi connectivity index (χ0) is 12.5. The standard InChI is InChI=1S/C11H9ClN6/c12-10-9-8(11(15-13)17-16-10)6-14-18(9)7-4-2-1-3-5-7/h1-6H,13H2,(H,15,17). The summed E-state index contributed by atoms with van der Waals surface area (Å²) in [5.74, 6) is 5.82. The lowest BCUT2D eigenvalue weighted by Crippen LogP contribution is -2.10. The fourth-order valence-corrected chi connectivity index (χ4v) is 2.01. The second-order valence-corrected chi connectivity index (χ2v) is 4.00. The zero-order valence-electron chi connectivity index (χ0n) is 9.21. The normalized spacial score (nSPS) is 10.8. The highest BCUT2D eigenvalue weighted by atomic mass is 35.5. The van der Waals surface area contributed by atoms with E-state index in [0.717, 1.165) is 11.1 Å². The molecule has 0 amide bonds. The van der Waals surface area contributed by atoms with Gasteiger partial charge in [0.05, 0.1) is 17.3 Å². The minimum atomic E-state index is 0.283. The molecule has 0 bridgehead atoms. The van der Waals surface area contributed by atoms with Gasteiger partial charge in [-0.05, 0) is 12.1 Å². The van der Waals surface area contributed by atoms with Crippen LogP contribution in [0.15, 0.2) is 36.5 Å². The molecule has 3 N–H and O–H groups in total. The number of para-hydroxylation sites is 1. The maximum Gasteiger partial charge on any atom is 0.178 e. The van der Waals surface area contributed by atoms with Crippen molar-refractivity contribution in [3.8, 4) is 5.69 Å². The second kappa shape index (κ2) is 4.25. The third kappa shape index (κ3) is 1.59. The van der Waals surface area contributed by atoms with E-state index < -0.39 is 0 Å². The maximum absolute atomic E-state index is 6.08. The number of nitrogens with one attached hydrogen (secondary N) is 1. The average Bonchev–Trinajstić information content (AvgIpc) is 2.86. The first kappa shape index (κ1) is 10.9. The Morgan fingerprint density at radius 2 is 1.94 bits per heavy atom. The van der Waals surface area contributed by atoms with E-state index in [1.807, 2.05) is 30.3 Å². The molecule has 0 unspecified atom stereocenters. The minimum Gasteiger partial charge on any atom is -0.306 e. The molecule has 0 aliphatic carbocycles. The predicted molar refractivity (Wildman–Crippen MR) is 69.5 cm³/mol. The molecule has 18 heavy (non-hydrogen) atoms. The van der Waals surface area contributed by atoms with Crippen molar-refractivity contribution in [2.45, 2.75) is 0 Å². The first-order valence-electron chi connectivity index (χ1n) is 5.23. The third-order valence-electron chi connectivity index (χ3n) is 2.60. The van der Waals surface area contributed by atoms with E-state index in [4.69, 9.17) is 17.4 Å². The lowest BCUT2D eigenvalue weighted by atomic mass is 10.3. The summed E-state index contributed by atoms with van der Waals surface area (Å²) < 4.78 is 1.70. The molecule has 0 aliphatic heterocycles. The first-order chi connectivity index (χ1) is 8.81. The van der Waals surface area contributed by atoms with Gasteiger partial charge in [-0.2, -0.15) is 5.10 Å². The SMILES string of the molecule is NNc1nnc(Cl)c2c1cnn2-c1ccccc1. The molecule has 0 aliphatic rings. The van der Waals surface area contributed by atoms with Crippen molar-refractivity contribution in [2.75, 3.05) is 5.43 Å². The summed E-state index contributed by atoms with van der Waals surface area (Å²) >= 11 is 6.08. The van der Waals surface area contributed by atoms with Crippen LogP contribution in [0.1, 0.15) is 0 Å². The predicted octanol–water partition coefficient (Wildman–Crippen LogP) is 1.75. The van der Waals surface area contributed by atoms with Crippen molar-refractivity contribution >= 4 is 28.3 Å². The van der Waals surface area contributed by atoms with Crippen LogP contribution in [0, 0.1) is 0 Å². The quantitative estimate of drug-likeness (QED) is 0.542. The van der Waals surface area contributed by atoms with Gasteiger partial charge in [0.15, 0.2) is 11.0 Å². The number of fused-ring (bicyclic) bond motifs is 1.